The van der Waals surface area contributed by atoms with Crippen LogP contribution in [0.5, 0.6) is 0 Å². The van der Waals surface area contributed by atoms with Crippen molar-refractivity contribution in [2.24, 2.45) is 7.05 Å². The Kier molecular flexibility index (Phi) is 4.09. The maximum atomic E-state index is 4.69. The van der Waals surface area contributed by atoms with Crippen molar-refractivity contribution in [2.45, 2.75) is 31.1 Å². The van der Waals surface area contributed by atoms with Crippen LogP contribution >= 0.6 is 11.8 Å². The Morgan fingerprint density at radius 1 is 1.37 bits per heavy atom. The van der Waals surface area contributed by atoms with Crippen molar-refractivity contribution in [1.82, 2.24) is 14.9 Å². The molecule has 0 bridgehead atoms. The molecule has 1 fully saturated rings. The van der Waals surface area contributed by atoms with Crippen LogP contribution in [0.1, 0.15) is 25.1 Å². The molecule has 1 aromatic carbocycles. The molecule has 4 heteroatoms. The molecule has 1 saturated heterocycles. The Hall–Kier alpha value is -1.00. The molecule has 0 aliphatic carbocycles. The van der Waals surface area contributed by atoms with E-state index in [9.17, 15) is 0 Å². The van der Waals surface area contributed by atoms with Gasteiger partial charge in [-0.1, -0.05) is 18.6 Å². The minimum atomic E-state index is 0.795. The molecule has 1 aliphatic heterocycles. The van der Waals surface area contributed by atoms with E-state index in [4.69, 9.17) is 0 Å². The summed E-state index contributed by atoms with van der Waals surface area (Å²) in [4.78, 5) is 4.69. The van der Waals surface area contributed by atoms with Crippen LogP contribution in [-0.2, 0) is 13.6 Å². The van der Waals surface area contributed by atoms with Gasteiger partial charge < -0.3 is 9.88 Å². The van der Waals surface area contributed by atoms with Crippen molar-refractivity contribution in [3.63, 3.8) is 0 Å². The van der Waals surface area contributed by atoms with Gasteiger partial charge in [0.05, 0.1) is 17.6 Å². The molecule has 0 radical (unpaired) electrons. The highest BCUT2D eigenvalue weighted by Gasteiger charge is 2.13. The van der Waals surface area contributed by atoms with Gasteiger partial charge in [0.25, 0.3) is 0 Å². The van der Waals surface area contributed by atoms with Crippen molar-refractivity contribution in [1.29, 1.82) is 0 Å². The lowest BCUT2D eigenvalue weighted by Crippen LogP contribution is -2.27. The van der Waals surface area contributed by atoms with E-state index in [1.165, 1.54) is 30.5 Å². The lowest BCUT2D eigenvalue weighted by Gasteiger charge is -2.21. The van der Waals surface area contributed by atoms with Crippen molar-refractivity contribution >= 4 is 22.8 Å². The van der Waals surface area contributed by atoms with Crippen molar-refractivity contribution in [2.75, 3.05) is 12.3 Å². The number of fused-ring (bicyclic) bond motifs is 1. The number of hydrogen-bond acceptors (Lipinski definition) is 3. The first kappa shape index (κ1) is 13.0. The third kappa shape index (κ3) is 2.95. The number of imidazole rings is 1. The van der Waals surface area contributed by atoms with Gasteiger partial charge in [-0.2, -0.15) is 11.8 Å². The van der Waals surface area contributed by atoms with Crippen LogP contribution in [0.2, 0.25) is 0 Å². The van der Waals surface area contributed by atoms with Gasteiger partial charge in [0.15, 0.2) is 0 Å². The molecular formula is C15H21N3S. The van der Waals surface area contributed by atoms with E-state index in [1.807, 2.05) is 6.07 Å². The second-order valence-corrected chi connectivity index (χ2v) is 6.60. The second kappa shape index (κ2) is 5.97. The zero-order valence-electron chi connectivity index (χ0n) is 11.4. The summed E-state index contributed by atoms with van der Waals surface area (Å²) in [7, 11) is 2.10. The van der Waals surface area contributed by atoms with Gasteiger partial charge in [-0.25, -0.2) is 4.98 Å². The lowest BCUT2D eigenvalue weighted by atomic mass is 10.2. The van der Waals surface area contributed by atoms with Gasteiger partial charge in [-0.05, 0) is 30.7 Å². The summed E-state index contributed by atoms with van der Waals surface area (Å²) >= 11 is 2.12. The quantitative estimate of drug-likeness (QED) is 0.930. The van der Waals surface area contributed by atoms with Gasteiger partial charge >= 0.3 is 0 Å². The van der Waals surface area contributed by atoms with Crippen molar-refractivity contribution in [3.8, 4) is 0 Å². The van der Waals surface area contributed by atoms with Crippen molar-refractivity contribution < 1.29 is 0 Å². The minimum Gasteiger partial charge on any atom is -0.330 e. The van der Waals surface area contributed by atoms with Crippen LogP contribution in [0.15, 0.2) is 24.3 Å². The molecule has 1 aromatic heterocycles. The van der Waals surface area contributed by atoms with Gasteiger partial charge in [0.1, 0.15) is 5.82 Å². The number of nitrogens with zero attached hydrogens (tertiary/aromatic N) is 2. The van der Waals surface area contributed by atoms with E-state index in [0.29, 0.717) is 0 Å². The molecule has 2 heterocycles. The predicted molar refractivity (Wildman–Crippen MR) is 82.5 cm³/mol. The third-order valence-corrected chi connectivity index (χ3v) is 5.21. The van der Waals surface area contributed by atoms with Crippen LogP contribution in [-0.4, -0.2) is 27.1 Å². The number of rotatable bonds is 4. The highest BCUT2D eigenvalue weighted by atomic mass is 32.2. The Labute approximate surface area is 118 Å². The van der Waals surface area contributed by atoms with Gasteiger partial charge in [0.2, 0.25) is 0 Å². The number of nitrogens with one attached hydrogen (secondary N) is 1. The summed E-state index contributed by atoms with van der Waals surface area (Å²) < 4.78 is 2.19. The summed E-state index contributed by atoms with van der Waals surface area (Å²) in [6, 6.07) is 8.32. The monoisotopic (exact) mass is 275 g/mol. The van der Waals surface area contributed by atoms with Crippen molar-refractivity contribution in [3.05, 3.63) is 30.1 Å². The molecule has 0 spiro atoms. The van der Waals surface area contributed by atoms with Gasteiger partial charge in [-0.3, -0.25) is 0 Å². The van der Waals surface area contributed by atoms with Gasteiger partial charge in [0, 0.05) is 18.8 Å². The third-order valence-electron chi connectivity index (χ3n) is 3.81. The number of benzene rings is 1. The zero-order chi connectivity index (χ0) is 13.1. The van der Waals surface area contributed by atoms with E-state index >= 15 is 0 Å². The molecule has 19 heavy (non-hydrogen) atoms. The fourth-order valence-corrected chi connectivity index (χ4v) is 3.94. The van der Waals surface area contributed by atoms with E-state index in [-0.39, 0.29) is 0 Å². The topological polar surface area (TPSA) is 29.9 Å². The second-order valence-electron chi connectivity index (χ2n) is 5.20. The zero-order valence-corrected chi connectivity index (χ0v) is 12.2. The molecule has 1 N–H and O–H groups in total. The fourth-order valence-electron chi connectivity index (χ4n) is 2.67. The molecule has 3 rings (SSSR count). The normalized spacial score (nSPS) is 19.9. The first-order valence-electron chi connectivity index (χ1n) is 7.07. The van der Waals surface area contributed by atoms with Crippen LogP contribution in [0.3, 0.4) is 0 Å². The molecule has 2 aromatic rings. The maximum absolute atomic E-state index is 4.69. The number of aryl methyl sites for hydroxylation is 1. The molecule has 102 valence electrons. The maximum Gasteiger partial charge on any atom is 0.123 e. The minimum absolute atomic E-state index is 0.795. The number of aromatic nitrogens is 2. The number of thioether (sulfide) groups is 1. The number of hydrogen-bond donors (Lipinski definition) is 1. The standard InChI is InChI=1S/C15H21N3S/c1-18-14-8-3-2-7-13(14)17-15(18)11-16-10-12-6-4-5-9-19-12/h2-3,7-8,12,16H,4-6,9-11H2,1H3. The highest BCUT2D eigenvalue weighted by molar-refractivity contribution is 7.99. The van der Waals surface area contributed by atoms with Gasteiger partial charge in [-0.15, -0.1) is 0 Å². The summed E-state index contributed by atoms with van der Waals surface area (Å²) in [5, 5.41) is 4.36. The number of para-hydroxylation sites is 2. The van der Waals surface area contributed by atoms with Crippen LogP contribution in [0.25, 0.3) is 11.0 Å². The average Bonchev–Trinajstić information content (AvgIpc) is 2.78. The Morgan fingerprint density at radius 3 is 3.05 bits per heavy atom. The van der Waals surface area contributed by atoms with Crippen LogP contribution < -0.4 is 5.32 Å². The SMILES string of the molecule is Cn1c(CNCC2CCCCS2)nc2ccccc21. The Morgan fingerprint density at radius 2 is 2.26 bits per heavy atom. The van der Waals surface area contributed by atoms with Crippen LogP contribution in [0.4, 0.5) is 0 Å². The summed E-state index contributed by atoms with van der Waals surface area (Å²) in [5.41, 5.74) is 2.31. The first-order valence-corrected chi connectivity index (χ1v) is 8.12. The smallest absolute Gasteiger partial charge is 0.123 e. The molecular weight excluding hydrogens is 254 g/mol. The lowest BCUT2D eigenvalue weighted by molar-refractivity contribution is 0.581. The Balaban J connectivity index is 1.60. The summed E-state index contributed by atoms with van der Waals surface area (Å²) in [6.07, 6.45) is 4.15. The molecule has 0 amide bonds. The van der Waals surface area contributed by atoms with E-state index in [0.717, 1.165) is 29.7 Å². The average molecular weight is 275 g/mol. The van der Waals surface area contributed by atoms with E-state index in [2.05, 4.69) is 51.9 Å². The molecule has 3 nitrogen and oxygen atoms in total. The van der Waals surface area contributed by atoms with E-state index < -0.39 is 0 Å². The molecule has 0 saturated carbocycles. The Bertz CT molecular complexity index is 543. The largest absolute Gasteiger partial charge is 0.330 e. The predicted octanol–water partition coefficient (Wildman–Crippen LogP) is 2.95. The molecule has 1 aliphatic rings. The summed E-state index contributed by atoms with van der Waals surface area (Å²) in [6.45, 7) is 1.97. The fraction of sp³-hybridized carbons (Fsp3) is 0.533. The molecule has 1 atom stereocenters. The molecule has 1 unspecified atom stereocenters. The van der Waals surface area contributed by atoms with E-state index in [1.54, 1.807) is 0 Å². The van der Waals surface area contributed by atoms with Crippen LogP contribution in [0, 0.1) is 0 Å². The highest BCUT2D eigenvalue weighted by Crippen LogP contribution is 2.24. The summed E-state index contributed by atoms with van der Waals surface area (Å²) in [5.74, 6) is 2.46. The first-order chi connectivity index (χ1) is 9.34.